The molecule has 9 heteroatoms. The highest BCUT2D eigenvalue weighted by molar-refractivity contribution is 5.85. The summed E-state index contributed by atoms with van der Waals surface area (Å²) in [4.78, 5) is 15.3. The maximum absolute atomic E-state index is 13.1. The highest BCUT2D eigenvalue weighted by atomic mass is 35.5. The molecule has 1 aliphatic rings. The van der Waals surface area contributed by atoms with E-state index in [4.69, 9.17) is 19.9 Å². The number of aliphatic hydroxyl groups is 1. The van der Waals surface area contributed by atoms with E-state index >= 15 is 0 Å². The molecule has 0 aliphatic carbocycles. The van der Waals surface area contributed by atoms with Crippen molar-refractivity contribution in [1.29, 1.82) is 0 Å². The summed E-state index contributed by atoms with van der Waals surface area (Å²) < 4.78 is 16.5. The van der Waals surface area contributed by atoms with Crippen molar-refractivity contribution >= 4 is 18.3 Å². The second-order valence-corrected chi connectivity index (χ2v) is 11.9. The quantitative estimate of drug-likeness (QED) is 0.258. The zero-order valence-electron chi connectivity index (χ0n) is 25.2. The van der Waals surface area contributed by atoms with E-state index in [1.54, 1.807) is 14.2 Å². The van der Waals surface area contributed by atoms with Crippen molar-refractivity contribution in [2.45, 2.75) is 71.9 Å². The predicted octanol–water partition coefficient (Wildman–Crippen LogP) is 3.91. The molecule has 2 rings (SSSR count). The van der Waals surface area contributed by atoms with Crippen LogP contribution in [0, 0.1) is 23.2 Å². The first kappa shape index (κ1) is 35.4. The number of rotatable bonds is 16. The van der Waals surface area contributed by atoms with Gasteiger partial charge in [-0.1, -0.05) is 33.8 Å². The number of nitrogens with zero attached hydrogens (tertiary/aromatic N) is 1. The second-order valence-electron chi connectivity index (χ2n) is 11.9. The lowest BCUT2D eigenvalue weighted by Crippen LogP contribution is -2.51. The summed E-state index contributed by atoms with van der Waals surface area (Å²) in [6, 6.07) is 5.60. The lowest BCUT2D eigenvalue weighted by Gasteiger charge is -2.39. The van der Waals surface area contributed by atoms with Crippen molar-refractivity contribution in [2.75, 3.05) is 54.1 Å². The zero-order chi connectivity index (χ0) is 28.3. The van der Waals surface area contributed by atoms with Crippen molar-refractivity contribution in [3.05, 3.63) is 23.8 Å². The minimum atomic E-state index is -0.805. The molecule has 1 heterocycles. The first-order valence-electron chi connectivity index (χ1n) is 14.2. The van der Waals surface area contributed by atoms with E-state index < -0.39 is 17.6 Å². The molecule has 226 valence electrons. The van der Waals surface area contributed by atoms with Gasteiger partial charge >= 0.3 is 0 Å². The Balaban J connectivity index is 0.00000760. The molecule has 1 aromatic carbocycles. The average Bonchev–Trinajstić information content (AvgIpc) is 2.89. The Morgan fingerprint density at radius 1 is 1.23 bits per heavy atom. The number of halogens is 1. The molecule has 1 aliphatic heterocycles. The molecule has 0 unspecified atom stereocenters. The fraction of sp³-hybridized carbons (Fsp3) is 0.767. The van der Waals surface area contributed by atoms with Gasteiger partial charge in [-0.05, 0) is 74.7 Å². The number of piperidine rings is 1. The molecule has 1 aromatic rings. The number of nitrogens with two attached hydrogens (primary N) is 1. The average molecular weight is 572 g/mol. The Labute approximate surface area is 242 Å². The van der Waals surface area contributed by atoms with Gasteiger partial charge in [-0.15, -0.1) is 12.4 Å². The van der Waals surface area contributed by atoms with Crippen LogP contribution in [0.15, 0.2) is 18.2 Å². The molecule has 4 atom stereocenters. The van der Waals surface area contributed by atoms with E-state index in [9.17, 15) is 9.90 Å². The molecule has 0 radical (unpaired) electrons. The third-order valence-electron chi connectivity index (χ3n) is 8.19. The number of carbonyl (C=O) groups is 1. The SMILES string of the molecule is COCCCOc1cc(C[C@@H](C[C@H](N)[C@@H](O)CNC(=O)C(C)(C)[C@H]2CCCN(C)C2)C(C)C)ccc1OC.Cl. The van der Waals surface area contributed by atoms with Gasteiger partial charge in [0.1, 0.15) is 0 Å². The van der Waals surface area contributed by atoms with E-state index in [1.165, 1.54) is 0 Å². The number of hydrogen-bond acceptors (Lipinski definition) is 7. The van der Waals surface area contributed by atoms with Gasteiger partial charge in [-0.3, -0.25) is 4.79 Å². The lowest BCUT2D eigenvalue weighted by molar-refractivity contribution is -0.133. The third-order valence-corrected chi connectivity index (χ3v) is 8.19. The number of nitrogens with one attached hydrogen (secondary N) is 1. The van der Waals surface area contributed by atoms with Crippen LogP contribution in [0.25, 0.3) is 0 Å². The molecule has 1 fully saturated rings. The van der Waals surface area contributed by atoms with Crippen molar-refractivity contribution < 1.29 is 24.1 Å². The highest BCUT2D eigenvalue weighted by Gasteiger charge is 2.38. The Bertz CT molecular complexity index is 854. The third kappa shape index (κ3) is 11.1. The van der Waals surface area contributed by atoms with Gasteiger partial charge in [0.05, 0.1) is 19.8 Å². The molecular weight excluding hydrogens is 518 g/mol. The van der Waals surface area contributed by atoms with E-state index in [2.05, 4.69) is 37.2 Å². The van der Waals surface area contributed by atoms with Crippen LogP contribution in [0.3, 0.4) is 0 Å². The Morgan fingerprint density at radius 2 is 1.95 bits per heavy atom. The first-order chi connectivity index (χ1) is 18.0. The molecule has 39 heavy (non-hydrogen) atoms. The summed E-state index contributed by atoms with van der Waals surface area (Å²) in [5, 5.41) is 13.8. The summed E-state index contributed by atoms with van der Waals surface area (Å²) in [6.07, 6.45) is 3.62. The number of aliphatic hydroxyl groups excluding tert-OH is 1. The van der Waals surface area contributed by atoms with Crippen LogP contribution in [0.1, 0.15) is 58.9 Å². The molecule has 1 saturated heterocycles. The predicted molar refractivity (Wildman–Crippen MR) is 160 cm³/mol. The number of ether oxygens (including phenoxy) is 3. The van der Waals surface area contributed by atoms with Gasteiger partial charge in [0.25, 0.3) is 0 Å². The van der Waals surface area contributed by atoms with Gasteiger partial charge in [0, 0.05) is 44.7 Å². The van der Waals surface area contributed by atoms with Crippen LogP contribution in [-0.2, 0) is 16.0 Å². The number of hydrogen-bond donors (Lipinski definition) is 3. The van der Waals surface area contributed by atoms with Crippen LogP contribution in [-0.4, -0.2) is 82.2 Å². The zero-order valence-corrected chi connectivity index (χ0v) is 26.0. The maximum atomic E-state index is 13.1. The Kier molecular flexibility index (Phi) is 15.7. The van der Waals surface area contributed by atoms with Gasteiger partial charge in [-0.2, -0.15) is 0 Å². The first-order valence-corrected chi connectivity index (χ1v) is 14.2. The number of methoxy groups -OCH3 is 2. The number of likely N-dealkylation sites (tertiary alicyclic amines) is 1. The number of benzene rings is 1. The molecule has 8 nitrogen and oxygen atoms in total. The van der Waals surface area contributed by atoms with E-state index in [0.29, 0.717) is 37.2 Å². The summed E-state index contributed by atoms with van der Waals surface area (Å²) in [7, 11) is 5.43. The smallest absolute Gasteiger partial charge is 0.226 e. The summed E-state index contributed by atoms with van der Waals surface area (Å²) in [5.41, 5.74) is 7.12. The normalized spacial score (nSPS) is 18.7. The summed E-state index contributed by atoms with van der Waals surface area (Å²) in [6.45, 7) is 11.8. The van der Waals surface area contributed by atoms with Crippen LogP contribution in [0.4, 0.5) is 0 Å². The topological polar surface area (TPSA) is 106 Å². The number of amides is 1. The Morgan fingerprint density at radius 3 is 2.56 bits per heavy atom. The van der Waals surface area contributed by atoms with Crippen LogP contribution >= 0.6 is 12.4 Å². The second kappa shape index (κ2) is 17.3. The van der Waals surface area contributed by atoms with Crippen LogP contribution in [0.5, 0.6) is 11.5 Å². The summed E-state index contributed by atoms with van der Waals surface area (Å²) >= 11 is 0. The number of carbonyl (C=O) groups excluding carboxylic acids is 1. The van der Waals surface area contributed by atoms with E-state index in [1.807, 2.05) is 26.0 Å². The fourth-order valence-electron chi connectivity index (χ4n) is 5.26. The molecule has 1 amide bonds. The van der Waals surface area contributed by atoms with Gasteiger partial charge in [-0.25, -0.2) is 0 Å². The monoisotopic (exact) mass is 571 g/mol. The van der Waals surface area contributed by atoms with Crippen molar-refractivity contribution in [1.82, 2.24) is 10.2 Å². The minimum absolute atomic E-state index is 0. The van der Waals surface area contributed by atoms with Gasteiger partial charge in [0.15, 0.2) is 11.5 Å². The van der Waals surface area contributed by atoms with Crippen LogP contribution in [0.2, 0.25) is 0 Å². The summed E-state index contributed by atoms with van der Waals surface area (Å²) in [5.74, 6) is 2.36. The van der Waals surface area contributed by atoms with E-state index in [-0.39, 0.29) is 30.8 Å². The van der Waals surface area contributed by atoms with Crippen molar-refractivity contribution in [2.24, 2.45) is 28.9 Å². The minimum Gasteiger partial charge on any atom is -0.493 e. The largest absolute Gasteiger partial charge is 0.493 e. The van der Waals surface area contributed by atoms with Crippen molar-refractivity contribution in [3.8, 4) is 11.5 Å². The molecule has 0 spiro atoms. The van der Waals surface area contributed by atoms with E-state index in [0.717, 1.165) is 50.1 Å². The highest BCUT2D eigenvalue weighted by Crippen LogP contribution is 2.34. The maximum Gasteiger partial charge on any atom is 0.226 e. The standard InChI is InChI=1S/C30H53N3O5.ClH/c1-21(2)23(16-22-11-12-27(37-7)28(17-22)38-15-9-14-36-6)18-25(31)26(34)19-32-29(35)30(3,4)24-10-8-13-33(5)20-24;/h11-12,17,21,23-26,34H,8-10,13-16,18-20,31H2,1-7H3,(H,32,35);1H/t23-,24-,25-,26-;/m0./s1. The fourth-order valence-corrected chi connectivity index (χ4v) is 5.26. The van der Waals surface area contributed by atoms with Crippen LogP contribution < -0.4 is 20.5 Å². The van der Waals surface area contributed by atoms with Crippen molar-refractivity contribution in [3.63, 3.8) is 0 Å². The lowest BCUT2D eigenvalue weighted by atomic mass is 9.74. The molecular formula is C30H54ClN3O5. The van der Waals surface area contributed by atoms with Gasteiger partial charge in [0.2, 0.25) is 5.91 Å². The molecule has 0 bridgehead atoms. The molecule has 0 saturated carbocycles. The molecule has 4 N–H and O–H groups in total. The Hall–Kier alpha value is -1.58. The molecule has 0 aromatic heterocycles. The van der Waals surface area contributed by atoms with Gasteiger partial charge < -0.3 is 35.3 Å².